The quantitative estimate of drug-likeness (QED) is 0.722. The van der Waals surface area contributed by atoms with Crippen LogP contribution in [0.4, 0.5) is 0 Å². The molecular formula is C10H17N3. The molecule has 0 bridgehead atoms. The molecule has 2 rings (SSSR count). The maximum Gasteiger partial charge on any atom is 0.109 e. The molecule has 0 saturated carbocycles. The first-order chi connectivity index (χ1) is 6.38. The van der Waals surface area contributed by atoms with Crippen molar-refractivity contribution in [3.8, 4) is 0 Å². The second kappa shape index (κ2) is 3.92. The third-order valence-corrected chi connectivity index (χ3v) is 3.04. The van der Waals surface area contributed by atoms with E-state index in [1.165, 1.54) is 12.8 Å². The zero-order valence-electron chi connectivity index (χ0n) is 8.09. The van der Waals surface area contributed by atoms with Crippen LogP contribution in [0.1, 0.15) is 31.5 Å². The summed E-state index contributed by atoms with van der Waals surface area (Å²) in [6.45, 7) is 4.60. The molecule has 0 aromatic carbocycles. The topological polar surface area (TPSA) is 40.7 Å². The van der Waals surface area contributed by atoms with Gasteiger partial charge in [-0.2, -0.15) is 0 Å². The minimum atomic E-state index is 0.581. The van der Waals surface area contributed by atoms with Crippen LogP contribution in [0, 0.1) is 5.92 Å². The van der Waals surface area contributed by atoms with Gasteiger partial charge in [0, 0.05) is 18.3 Å². The Hall–Kier alpha value is -0.830. The van der Waals surface area contributed by atoms with Crippen molar-refractivity contribution in [2.75, 3.05) is 13.1 Å². The molecule has 0 radical (unpaired) electrons. The molecule has 0 amide bonds. The van der Waals surface area contributed by atoms with Crippen LogP contribution in [-0.2, 0) is 0 Å². The van der Waals surface area contributed by atoms with Crippen molar-refractivity contribution in [1.82, 2.24) is 15.3 Å². The van der Waals surface area contributed by atoms with E-state index >= 15 is 0 Å². The molecule has 0 spiro atoms. The molecule has 13 heavy (non-hydrogen) atoms. The lowest BCUT2D eigenvalue weighted by atomic mass is 9.86. The van der Waals surface area contributed by atoms with Crippen LogP contribution in [0.15, 0.2) is 12.4 Å². The largest absolute Gasteiger partial charge is 0.348 e. The number of aromatic nitrogens is 2. The van der Waals surface area contributed by atoms with Crippen molar-refractivity contribution >= 4 is 0 Å². The van der Waals surface area contributed by atoms with Gasteiger partial charge in [-0.1, -0.05) is 6.92 Å². The van der Waals surface area contributed by atoms with Crippen LogP contribution >= 0.6 is 0 Å². The van der Waals surface area contributed by atoms with Gasteiger partial charge in [0.2, 0.25) is 0 Å². The predicted octanol–water partition coefficient (Wildman–Crippen LogP) is 1.51. The van der Waals surface area contributed by atoms with Crippen LogP contribution in [0.2, 0.25) is 0 Å². The summed E-state index contributed by atoms with van der Waals surface area (Å²) in [6, 6.07) is 0. The molecule has 3 nitrogen and oxygen atoms in total. The van der Waals surface area contributed by atoms with Crippen LogP contribution < -0.4 is 5.32 Å². The van der Waals surface area contributed by atoms with Crippen molar-refractivity contribution < 1.29 is 0 Å². The first kappa shape index (κ1) is 8.75. The molecule has 1 atom stereocenters. The Morgan fingerprint density at radius 1 is 1.46 bits per heavy atom. The fourth-order valence-electron chi connectivity index (χ4n) is 2.09. The summed E-state index contributed by atoms with van der Waals surface area (Å²) in [4.78, 5) is 7.52. The molecule has 3 heteroatoms. The van der Waals surface area contributed by atoms with Gasteiger partial charge in [-0.25, -0.2) is 4.98 Å². The number of hydrogen-bond donors (Lipinski definition) is 2. The number of H-pyrrole nitrogens is 1. The SMILES string of the molecule is CC(c1ncc[nH]1)C1CCNCC1. The van der Waals surface area contributed by atoms with Gasteiger partial charge < -0.3 is 10.3 Å². The smallest absolute Gasteiger partial charge is 0.109 e. The third kappa shape index (κ3) is 1.91. The van der Waals surface area contributed by atoms with Crippen molar-refractivity contribution in [2.45, 2.75) is 25.7 Å². The lowest BCUT2D eigenvalue weighted by Crippen LogP contribution is -2.30. The summed E-state index contributed by atoms with van der Waals surface area (Å²) in [5.41, 5.74) is 0. The summed E-state index contributed by atoms with van der Waals surface area (Å²) in [7, 11) is 0. The Labute approximate surface area is 79.0 Å². The van der Waals surface area contributed by atoms with E-state index in [9.17, 15) is 0 Å². The Morgan fingerprint density at radius 2 is 2.23 bits per heavy atom. The molecule has 1 fully saturated rings. The van der Waals surface area contributed by atoms with Gasteiger partial charge >= 0.3 is 0 Å². The molecule has 2 N–H and O–H groups in total. The fraction of sp³-hybridized carbons (Fsp3) is 0.700. The Balaban J connectivity index is 1.99. The fourth-order valence-corrected chi connectivity index (χ4v) is 2.09. The summed E-state index contributed by atoms with van der Waals surface area (Å²) in [6.07, 6.45) is 6.31. The number of nitrogens with one attached hydrogen (secondary N) is 2. The number of rotatable bonds is 2. The first-order valence-electron chi connectivity index (χ1n) is 5.08. The highest BCUT2D eigenvalue weighted by atomic mass is 14.9. The van der Waals surface area contributed by atoms with Gasteiger partial charge in [0.25, 0.3) is 0 Å². The molecule has 1 aromatic heterocycles. The van der Waals surface area contributed by atoms with Gasteiger partial charge in [0.15, 0.2) is 0 Å². The van der Waals surface area contributed by atoms with E-state index in [0.717, 1.165) is 24.8 Å². The van der Waals surface area contributed by atoms with Crippen LogP contribution in [-0.4, -0.2) is 23.1 Å². The minimum absolute atomic E-state index is 0.581. The maximum atomic E-state index is 4.32. The van der Waals surface area contributed by atoms with E-state index in [2.05, 4.69) is 22.2 Å². The summed E-state index contributed by atoms with van der Waals surface area (Å²) in [5.74, 6) is 2.52. The van der Waals surface area contributed by atoms with Gasteiger partial charge in [-0.05, 0) is 31.8 Å². The Kier molecular flexibility index (Phi) is 2.64. The molecule has 72 valence electrons. The van der Waals surface area contributed by atoms with E-state index in [0.29, 0.717) is 5.92 Å². The number of imidazole rings is 1. The lowest BCUT2D eigenvalue weighted by Gasteiger charge is -2.26. The van der Waals surface area contributed by atoms with Crippen molar-refractivity contribution in [1.29, 1.82) is 0 Å². The van der Waals surface area contributed by atoms with E-state index in [4.69, 9.17) is 0 Å². The Bertz CT molecular complexity index is 237. The first-order valence-corrected chi connectivity index (χ1v) is 5.08. The highest BCUT2D eigenvalue weighted by Gasteiger charge is 2.22. The second-order valence-corrected chi connectivity index (χ2v) is 3.85. The molecular weight excluding hydrogens is 162 g/mol. The highest BCUT2D eigenvalue weighted by Crippen LogP contribution is 2.27. The van der Waals surface area contributed by atoms with Gasteiger partial charge in [0.05, 0.1) is 0 Å². The van der Waals surface area contributed by atoms with Gasteiger partial charge in [0.1, 0.15) is 5.82 Å². The highest BCUT2D eigenvalue weighted by molar-refractivity contribution is 4.98. The monoisotopic (exact) mass is 179 g/mol. The second-order valence-electron chi connectivity index (χ2n) is 3.85. The molecule has 1 aliphatic heterocycles. The van der Waals surface area contributed by atoms with E-state index < -0.39 is 0 Å². The number of aromatic amines is 1. The van der Waals surface area contributed by atoms with Crippen molar-refractivity contribution in [3.63, 3.8) is 0 Å². The van der Waals surface area contributed by atoms with Crippen molar-refractivity contribution in [3.05, 3.63) is 18.2 Å². The van der Waals surface area contributed by atoms with E-state index in [1.807, 2.05) is 12.4 Å². The Morgan fingerprint density at radius 3 is 2.85 bits per heavy atom. The number of piperidine rings is 1. The van der Waals surface area contributed by atoms with Crippen LogP contribution in [0.25, 0.3) is 0 Å². The summed E-state index contributed by atoms with van der Waals surface area (Å²) < 4.78 is 0. The summed E-state index contributed by atoms with van der Waals surface area (Å²) >= 11 is 0. The standard InChI is InChI=1S/C10H17N3/c1-8(10-12-6-7-13-10)9-2-4-11-5-3-9/h6-9,11H,2-5H2,1H3,(H,12,13). The molecule has 1 unspecified atom stereocenters. The third-order valence-electron chi connectivity index (χ3n) is 3.04. The zero-order valence-corrected chi connectivity index (χ0v) is 8.09. The average Bonchev–Trinajstić information content (AvgIpc) is 2.71. The normalized spacial score (nSPS) is 21.6. The number of hydrogen-bond acceptors (Lipinski definition) is 2. The maximum absolute atomic E-state index is 4.32. The van der Waals surface area contributed by atoms with E-state index in [-0.39, 0.29) is 0 Å². The van der Waals surface area contributed by atoms with Crippen LogP contribution in [0.5, 0.6) is 0 Å². The predicted molar refractivity (Wildman–Crippen MR) is 52.6 cm³/mol. The molecule has 1 saturated heterocycles. The van der Waals surface area contributed by atoms with Crippen molar-refractivity contribution in [2.24, 2.45) is 5.92 Å². The molecule has 1 aliphatic rings. The molecule has 1 aromatic rings. The van der Waals surface area contributed by atoms with E-state index in [1.54, 1.807) is 0 Å². The van der Waals surface area contributed by atoms with Gasteiger partial charge in [-0.3, -0.25) is 0 Å². The summed E-state index contributed by atoms with van der Waals surface area (Å²) in [5, 5.41) is 3.38. The molecule has 0 aliphatic carbocycles. The zero-order chi connectivity index (χ0) is 9.10. The number of nitrogens with zero attached hydrogens (tertiary/aromatic N) is 1. The lowest BCUT2D eigenvalue weighted by molar-refractivity contribution is 0.324. The minimum Gasteiger partial charge on any atom is -0.348 e. The average molecular weight is 179 g/mol. The van der Waals surface area contributed by atoms with Gasteiger partial charge in [-0.15, -0.1) is 0 Å². The van der Waals surface area contributed by atoms with Crippen LogP contribution in [0.3, 0.4) is 0 Å². The molecule has 2 heterocycles.